The first kappa shape index (κ1) is 6.54. The van der Waals surface area contributed by atoms with Crippen molar-refractivity contribution in [1.29, 1.82) is 0 Å². The summed E-state index contributed by atoms with van der Waals surface area (Å²) in [5.41, 5.74) is 2.49. The minimum Gasteiger partial charge on any atom is -0.315 e. The maximum atomic E-state index is 4.40. The van der Waals surface area contributed by atoms with Crippen LogP contribution in [0.25, 0.3) is 0 Å². The summed E-state index contributed by atoms with van der Waals surface area (Å²) in [6.07, 6.45) is 4.87. The van der Waals surface area contributed by atoms with Gasteiger partial charge in [0.15, 0.2) is 0 Å². The average Bonchev–Trinajstić information content (AvgIpc) is 2.41. The number of hydrogen-bond acceptors (Lipinski definition) is 3. The van der Waals surface area contributed by atoms with Gasteiger partial charge < -0.3 is 5.32 Å². The lowest BCUT2D eigenvalue weighted by atomic mass is 9.99. The van der Waals surface area contributed by atoms with E-state index in [2.05, 4.69) is 15.3 Å². The maximum Gasteiger partial charge on any atom is 0.0665 e. The van der Waals surface area contributed by atoms with Crippen molar-refractivity contribution in [2.75, 3.05) is 13.1 Å². The van der Waals surface area contributed by atoms with E-state index in [1.54, 1.807) is 12.4 Å². The molecule has 1 aromatic heterocycles. The molecule has 2 bridgehead atoms. The summed E-state index contributed by atoms with van der Waals surface area (Å²) in [6, 6.07) is 0. The quantitative estimate of drug-likeness (QED) is 0.607. The Morgan fingerprint density at radius 2 is 1.67 bits per heavy atom. The van der Waals surface area contributed by atoms with Crippen LogP contribution in [0.3, 0.4) is 0 Å². The van der Waals surface area contributed by atoms with Crippen molar-refractivity contribution in [3.8, 4) is 0 Å². The lowest BCUT2D eigenvalue weighted by molar-refractivity contribution is 0.449. The van der Waals surface area contributed by atoms with E-state index >= 15 is 0 Å². The molecule has 1 aliphatic carbocycles. The molecule has 0 spiro atoms. The van der Waals surface area contributed by atoms with E-state index in [1.165, 1.54) is 17.8 Å². The normalized spacial score (nSPS) is 31.7. The van der Waals surface area contributed by atoms with Crippen LogP contribution in [0.4, 0.5) is 0 Å². The van der Waals surface area contributed by atoms with Crippen LogP contribution in [0.1, 0.15) is 29.6 Å². The second-order valence-corrected chi connectivity index (χ2v) is 3.61. The first-order valence-corrected chi connectivity index (χ1v) is 4.46. The van der Waals surface area contributed by atoms with Gasteiger partial charge in [-0.25, -0.2) is 0 Å². The zero-order chi connectivity index (χ0) is 7.97. The minimum absolute atomic E-state index is 0.632. The fourth-order valence-electron chi connectivity index (χ4n) is 2.35. The fraction of sp³-hybridized carbons (Fsp3) is 0.556. The lowest BCUT2D eigenvalue weighted by Crippen LogP contribution is -2.28. The van der Waals surface area contributed by atoms with Crippen molar-refractivity contribution >= 4 is 0 Å². The van der Waals surface area contributed by atoms with Gasteiger partial charge in [-0.15, -0.1) is 0 Å². The molecule has 2 aliphatic rings. The highest BCUT2D eigenvalue weighted by Crippen LogP contribution is 2.40. The second-order valence-electron chi connectivity index (χ2n) is 3.61. The topological polar surface area (TPSA) is 37.8 Å². The SMILES string of the molecule is c1cnc2c(n1)C1CNC[C@@H]2C1. The predicted octanol–water partition coefficient (Wildman–Crippen LogP) is 0.651. The highest BCUT2D eigenvalue weighted by Gasteiger charge is 2.35. The molecule has 2 heterocycles. The van der Waals surface area contributed by atoms with Gasteiger partial charge in [0.05, 0.1) is 11.4 Å². The van der Waals surface area contributed by atoms with Crippen molar-refractivity contribution < 1.29 is 0 Å². The molecule has 1 N–H and O–H groups in total. The summed E-state index contributed by atoms with van der Waals surface area (Å²) >= 11 is 0. The average molecular weight is 161 g/mol. The fourth-order valence-corrected chi connectivity index (χ4v) is 2.35. The Bertz CT molecular complexity index is 281. The van der Waals surface area contributed by atoms with Crippen molar-refractivity contribution in [1.82, 2.24) is 15.3 Å². The molecule has 62 valence electrons. The van der Waals surface area contributed by atoms with E-state index in [0.717, 1.165) is 13.1 Å². The third-order valence-corrected chi connectivity index (χ3v) is 2.88. The van der Waals surface area contributed by atoms with Gasteiger partial charge in [0.2, 0.25) is 0 Å². The van der Waals surface area contributed by atoms with Gasteiger partial charge in [-0.05, 0) is 6.42 Å². The molecule has 3 rings (SSSR count). The van der Waals surface area contributed by atoms with Crippen LogP contribution in [0, 0.1) is 0 Å². The van der Waals surface area contributed by atoms with Crippen LogP contribution in [0.15, 0.2) is 12.4 Å². The number of rotatable bonds is 0. The summed E-state index contributed by atoms with van der Waals surface area (Å²) < 4.78 is 0. The first-order valence-electron chi connectivity index (χ1n) is 4.46. The summed E-state index contributed by atoms with van der Waals surface area (Å²) in [5, 5.41) is 3.41. The van der Waals surface area contributed by atoms with Crippen molar-refractivity contribution in [2.45, 2.75) is 18.3 Å². The first-order chi connectivity index (χ1) is 5.95. The van der Waals surface area contributed by atoms with Crippen LogP contribution in [-0.2, 0) is 0 Å². The lowest BCUT2D eigenvalue weighted by Gasteiger charge is -2.18. The predicted molar refractivity (Wildman–Crippen MR) is 45.0 cm³/mol. The Morgan fingerprint density at radius 3 is 2.25 bits per heavy atom. The molecule has 2 atom stereocenters. The van der Waals surface area contributed by atoms with E-state index < -0.39 is 0 Å². The van der Waals surface area contributed by atoms with Gasteiger partial charge in [-0.3, -0.25) is 9.97 Å². The third-order valence-electron chi connectivity index (χ3n) is 2.88. The number of nitrogens with one attached hydrogen (secondary N) is 1. The third kappa shape index (κ3) is 0.743. The van der Waals surface area contributed by atoms with Crippen LogP contribution in [0.2, 0.25) is 0 Å². The Hall–Kier alpha value is -0.960. The van der Waals surface area contributed by atoms with E-state index in [9.17, 15) is 0 Å². The molecular formula is C9H11N3. The molecule has 1 fully saturated rings. The van der Waals surface area contributed by atoms with Crippen molar-refractivity contribution in [3.63, 3.8) is 0 Å². The molecule has 3 nitrogen and oxygen atoms in total. The zero-order valence-electron chi connectivity index (χ0n) is 6.83. The number of piperidine rings is 1. The van der Waals surface area contributed by atoms with Crippen LogP contribution >= 0.6 is 0 Å². The molecule has 0 aromatic carbocycles. The molecule has 1 aromatic rings. The zero-order valence-corrected chi connectivity index (χ0v) is 6.83. The van der Waals surface area contributed by atoms with E-state index in [0.29, 0.717) is 11.8 Å². The van der Waals surface area contributed by atoms with E-state index in [-0.39, 0.29) is 0 Å². The highest BCUT2D eigenvalue weighted by atomic mass is 14.9. The van der Waals surface area contributed by atoms with E-state index in [4.69, 9.17) is 0 Å². The standard InChI is InChI=1S/C9H11N3/c1-2-12-9-7-3-6(4-10-5-7)8(9)11-1/h1-2,6-7,10H,3-5H2/t6-,7?/m0/s1. The summed E-state index contributed by atoms with van der Waals surface area (Å²) in [5.74, 6) is 1.26. The van der Waals surface area contributed by atoms with Gasteiger partial charge >= 0.3 is 0 Å². The van der Waals surface area contributed by atoms with Gasteiger partial charge in [0, 0.05) is 37.3 Å². The Kier molecular flexibility index (Phi) is 1.23. The largest absolute Gasteiger partial charge is 0.315 e. The number of aromatic nitrogens is 2. The van der Waals surface area contributed by atoms with Gasteiger partial charge in [0.25, 0.3) is 0 Å². The number of hydrogen-bond donors (Lipinski definition) is 1. The second kappa shape index (κ2) is 2.26. The Morgan fingerprint density at radius 1 is 1.08 bits per heavy atom. The minimum atomic E-state index is 0.632. The van der Waals surface area contributed by atoms with Crippen molar-refractivity contribution in [2.24, 2.45) is 0 Å². The molecule has 0 radical (unpaired) electrons. The number of nitrogens with zero attached hydrogens (tertiary/aromatic N) is 2. The monoisotopic (exact) mass is 161 g/mol. The Labute approximate surface area is 71.2 Å². The van der Waals surface area contributed by atoms with Crippen LogP contribution in [-0.4, -0.2) is 23.1 Å². The molecular weight excluding hydrogens is 150 g/mol. The van der Waals surface area contributed by atoms with Crippen LogP contribution < -0.4 is 5.32 Å². The highest BCUT2D eigenvalue weighted by molar-refractivity contribution is 5.29. The summed E-state index contributed by atoms with van der Waals surface area (Å²) in [4.78, 5) is 8.80. The van der Waals surface area contributed by atoms with Gasteiger partial charge in [-0.1, -0.05) is 0 Å². The molecule has 1 unspecified atom stereocenters. The van der Waals surface area contributed by atoms with Gasteiger partial charge in [0.1, 0.15) is 0 Å². The van der Waals surface area contributed by atoms with E-state index in [1.807, 2.05) is 0 Å². The van der Waals surface area contributed by atoms with Crippen molar-refractivity contribution in [3.05, 3.63) is 23.8 Å². The maximum absolute atomic E-state index is 4.40. The molecule has 0 saturated carbocycles. The van der Waals surface area contributed by atoms with Gasteiger partial charge in [-0.2, -0.15) is 0 Å². The summed E-state index contributed by atoms with van der Waals surface area (Å²) in [7, 11) is 0. The van der Waals surface area contributed by atoms with Crippen LogP contribution in [0.5, 0.6) is 0 Å². The smallest absolute Gasteiger partial charge is 0.0665 e. The molecule has 1 saturated heterocycles. The summed E-state index contributed by atoms with van der Waals surface area (Å²) in [6.45, 7) is 2.17. The number of fused-ring (bicyclic) bond motifs is 5. The Balaban J connectivity index is 2.16. The molecule has 12 heavy (non-hydrogen) atoms. The molecule has 0 amide bonds. The molecule has 1 aliphatic heterocycles. The molecule has 3 heteroatoms.